The summed E-state index contributed by atoms with van der Waals surface area (Å²) in [6, 6.07) is 11.7. The lowest BCUT2D eigenvalue weighted by Crippen LogP contribution is -2.24. The van der Waals surface area contributed by atoms with E-state index in [0.29, 0.717) is 18.8 Å². The lowest BCUT2D eigenvalue weighted by molar-refractivity contribution is 0.309. The minimum Gasteiger partial charge on any atom is -0.489 e. The van der Waals surface area contributed by atoms with Gasteiger partial charge < -0.3 is 9.64 Å². The van der Waals surface area contributed by atoms with Crippen molar-refractivity contribution in [2.45, 2.75) is 0 Å². The monoisotopic (exact) mass is 271 g/mol. The summed E-state index contributed by atoms with van der Waals surface area (Å²) in [7, 11) is 1.88. The first-order valence-corrected chi connectivity index (χ1v) is 6.15. The molecular weight excluding hydrogens is 257 g/mol. The Hall–Kier alpha value is -2.61. The van der Waals surface area contributed by atoms with Crippen LogP contribution in [0.3, 0.4) is 0 Å². The summed E-state index contributed by atoms with van der Waals surface area (Å²) in [4.78, 5) is 5.92. The first-order valence-electron chi connectivity index (χ1n) is 6.15. The van der Waals surface area contributed by atoms with Crippen molar-refractivity contribution in [3.8, 4) is 11.8 Å². The molecule has 1 heterocycles. The number of hydrogen-bond acceptors (Lipinski definition) is 4. The number of halogens is 1. The molecule has 102 valence electrons. The van der Waals surface area contributed by atoms with Crippen molar-refractivity contribution in [3.05, 3.63) is 54.1 Å². The summed E-state index contributed by atoms with van der Waals surface area (Å²) >= 11 is 0. The summed E-state index contributed by atoms with van der Waals surface area (Å²) < 4.78 is 18.7. The highest BCUT2D eigenvalue weighted by Crippen LogP contribution is 2.16. The van der Waals surface area contributed by atoms with Gasteiger partial charge in [0.25, 0.3) is 0 Å². The SMILES string of the molecule is CN(CCOc1ccccc1F)c1ccc(C#N)nc1. The molecule has 4 nitrogen and oxygen atoms in total. The average Bonchev–Trinajstić information content (AvgIpc) is 2.49. The van der Waals surface area contributed by atoms with E-state index in [4.69, 9.17) is 10.00 Å². The molecule has 2 aromatic rings. The quantitative estimate of drug-likeness (QED) is 0.838. The molecule has 0 aliphatic heterocycles. The number of nitriles is 1. The zero-order valence-electron chi connectivity index (χ0n) is 11.1. The Kier molecular flexibility index (Phi) is 4.51. The summed E-state index contributed by atoms with van der Waals surface area (Å²) in [5.41, 5.74) is 1.26. The number of nitrogens with zero attached hydrogens (tertiary/aromatic N) is 3. The van der Waals surface area contributed by atoms with Gasteiger partial charge in [-0.25, -0.2) is 9.37 Å². The van der Waals surface area contributed by atoms with Crippen molar-refractivity contribution in [2.75, 3.05) is 25.1 Å². The third kappa shape index (κ3) is 3.45. The van der Waals surface area contributed by atoms with E-state index in [0.717, 1.165) is 5.69 Å². The molecule has 0 radical (unpaired) electrons. The van der Waals surface area contributed by atoms with Crippen LogP contribution in [0.1, 0.15) is 5.69 Å². The van der Waals surface area contributed by atoms with Gasteiger partial charge in [-0.3, -0.25) is 0 Å². The molecule has 1 aromatic heterocycles. The third-order valence-corrected chi connectivity index (χ3v) is 2.82. The van der Waals surface area contributed by atoms with Crippen LogP contribution in [-0.2, 0) is 0 Å². The lowest BCUT2D eigenvalue weighted by Gasteiger charge is -2.19. The molecule has 0 atom stereocenters. The van der Waals surface area contributed by atoms with Crippen molar-refractivity contribution in [1.29, 1.82) is 5.26 Å². The number of ether oxygens (including phenoxy) is 1. The van der Waals surface area contributed by atoms with Crippen molar-refractivity contribution in [1.82, 2.24) is 4.98 Å². The number of anilines is 1. The van der Waals surface area contributed by atoms with Crippen LogP contribution < -0.4 is 9.64 Å². The molecular formula is C15H14FN3O. The van der Waals surface area contributed by atoms with Crippen molar-refractivity contribution < 1.29 is 9.13 Å². The van der Waals surface area contributed by atoms with Crippen LogP contribution in [-0.4, -0.2) is 25.2 Å². The smallest absolute Gasteiger partial charge is 0.165 e. The van der Waals surface area contributed by atoms with E-state index in [9.17, 15) is 4.39 Å². The van der Waals surface area contributed by atoms with Gasteiger partial charge in [0.15, 0.2) is 11.6 Å². The van der Waals surface area contributed by atoms with Crippen LogP contribution in [0.2, 0.25) is 0 Å². The molecule has 0 bridgehead atoms. The summed E-state index contributed by atoms with van der Waals surface area (Å²) in [6.45, 7) is 0.944. The van der Waals surface area contributed by atoms with Gasteiger partial charge in [-0.15, -0.1) is 0 Å². The molecule has 0 fully saturated rings. The van der Waals surface area contributed by atoms with Gasteiger partial charge in [-0.05, 0) is 24.3 Å². The maximum absolute atomic E-state index is 13.3. The average molecular weight is 271 g/mol. The highest BCUT2D eigenvalue weighted by atomic mass is 19.1. The Labute approximate surface area is 117 Å². The Morgan fingerprint density at radius 1 is 1.30 bits per heavy atom. The van der Waals surface area contributed by atoms with Crippen LogP contribution in [0.15, 0.2) is 42.6 Å². The number of benzene rings is 1. The molecule has 0 saturated heterocycles. The van der Waals surface area contributed by atoms with Crippen LogP contribution >= 0.6 is 0 Å². The van der Waals surface area contributed by atoms with Crippen LogP contribution in [0.25, 0.3) is 0 Å². The fraction of sp³-hybridized carbons (Fsp3) is 0.200. The number of pyridine rings is 1. The normalized spacial score (nSPS) is 9.85. The standard InChI is InChI=1S/C15H14FN3O/c1-19(13-7-6-12(10-17)18-11-13)8-9-20-15-5-3-2-4-14(15)16/h2-7,11H,8-9H2,1H3. The number of likely N-dealkylation sites (N-methyl/N-ethyl adjacent to an activating group) is 1. The molecule has 5 heteroatoms. The molecule has 20 heavy (non-hydrogen) atoms. The van der Waals surface area contributed by atoms with Crippen molar-refractivity contribution >= 4 is 5.69 Å². The lowest BCUT2D eigenvalue weighted by atomic mass is 10.3. The largest absolute Gasteiger partial charge is 0.489 e. The van der Waals surface area contributed by atoms with Gasteiger partial charge in [0.1, 0.15) is 18.4 Å². The molecule has 1 aromatic carbocycles. The highest BCUT2D eigenvalue weighted by Gasteiger charge is 2.04. The van der Waals surface area contributed by atoms with Gasteiger partial charge in [0, 0.05) is 7.05 Å². The predicted molar refractivity (Wildman–Crippen MR) is 74.1 cm³/mol. The second-order valence-electron chi connectivity index (χ2n) is 4.21. The van der Waals surface area contributed by atoms with Gasteiger partial charge in [-0.1, -0.05) is 12.1 Å². The summed E-state index contributed by atoms with van der Waals surface area (Å²) in [6.07, 6.45) is 1.63. The van der Waals surface area contributed by atoms with E-state index in [-0.39, 0.29) is 11.6 Å². The first kappa shape index (κ1) is 13.8. The predicted octanol–water partition coefficient (Wildman–Crippen LogP) is 2.61. The molecule has 2 rings (SSSR count). The topological polar surface area (TPSA) is 49.1 Å². The first-order chi connectivity index (χ1) is 9.70. The van der Waals surface area contributed by atoms with Crippen LogP contribution in [0.4, 0.5) is 10.1 Å². The molecule has 0 aliphatic carbocycles. The summed E-state index contributed by atoms with van der Waals surface area (Å²) in [5, 5.41) is 8.68. The molecule has 0 amide bonds. The number of hydrogen-bond donors (Lipinski definition) is 0. The Bertz CT molecular complexity index is 607. The van der Waals surface area contributed by atoms with E-state index >= 15 is 0 Å². The third-order valence-electron chi connectivity index (χ3n) is 2.82. The van der Waals surface area contributed by atoms with E-state index < -0.39 is 0 Å². The van der Waals surface area contributed by atoms with E-state index in [1.807, 2.05) is 24.1 Å². The van der Waals surface area contributed by atoms with Crippen molar-refractivity contribution in [3.63, 3.8) is 0 Å². The van der Waals surface area contributed by atoms with E-state index in [2.05, 4.69) is 4.98 Å². The zero-order valence-corrected chi connectivity index (χ0v) is 11.1. The molecule has 0 unspecified atom stereocenters. The number of para-hydroxylation sites is 1. The van der Waals surface area contributed by atoms with Gasteiger partial charge >= 0.3 is 0 Å². The van der Waals surface area contributed by atoms with Crippen molar-refractivity contribution in [2.24, 2.45) is 0 Å². The zero-order chi connectivity index (χ0) is 14.4. The van der Waals surface area contributed by atoms with Gasteiger partial charge in [-0.2, -0.15) is 5.26 Å². The van der Waals surface area contributed by atoms with Crippen LogP contribution in [0.5, 0.6) is 5.75 Å². The van der Waals surface area contributed by atoms with E-state index in [1.54, 1.807) is 30.5 Å². The molecule has 0 N–H and O–H groups in total. The Balaban J connectivity index is 1.87. The fourth-order valence-electron chi connectivity index (χ4n) is 1.66. The summed E-state index contributed by atoms with van der Waals surface area (Å²) in [5.74, 6) is -0.117. The van der Waals surface area contributed by atoms with Gasteiger partial charge in [0.2, 0.25) is 0 Å². The minimum atomic E-state index is -0.366. The minimum absolute atomic E-state index is 0.249. The highest BCUT2D eigenvalue weighted by molar-refractivity contribution is 5.45. The molecule has 0 saturated carbocycles. The van der Waals surface area contributed by atoms with Crippen LogP contribution in [0, 0.1) is 17.1 Å². The number of rotatable bonds is 5. The van der Waals surface area contributed by atoms with E-state index in [1.165, 1.54) is 6.07 Å². The number of aromatic nitrogens is 1. The Morgan fingerprint density at radius 2 is 2.10 bits per heavy atom. The molecule has 0 aliphatic rings. The Morgan fingerprint density at radius 3 is 2.75 bits per heavy atom. The second kappa shape index (κ2) is 6.53. The fourth-order valence-corrected chi connectivity index (χ4v) is 1.66. The molecule has 0 spiro atoms. The maximum Gasteiger partial charge on any atom is 0.165 e. The van der Waals surface area contributed by atoms with Gasteiger partial charge in [0.05, 0.1) is 18.4 Å². The second-order valence-corrected chi connectivity index (χ2v) is 4.21. The maximum atomic E-state index is 13.3.